The molecule has 1 saturated heterocycles. The van der Waals surface area contributed by atoms with Crippen LogP contribution in [0.2, 0.25) is 0 Å². The van der Waals surface area contributed by atoms with Crippen molar-refractivity contribution in [2.45, 2.75) is 32.6 Å². The molecule has 0 amide bonds. The van der Waals surface area contributed by atoms with Gasteiger partial charge in [0.15, 0.2) is 0 Å². The second kappa shape index (κ2) is 4.31. The van der Waals surface area contributed by atoms with Crippen molar-refractivity contribution in [3.8, 4) is 0 Å². The Bertz CT molecular complexity index is 354. The van der Waals surface area contributed by atoms with Crippen LogP contribution in [0, 0.1) is 19.7 Å². The zero-order chi connectivity index (χ0) is 10.8. The fourth-order valence-electron chi connectivity index (χ4n) is 2.42. The first-order chi connectivity index (χ1) is 7.20. The molecule has 1 nitrogen and oxygen atoms in total. The highest BCUT2D eigenvalue weighted by molar-refractivity contribution is 5.37. The molecular weight excluding hydrogens is 189 g/mol. The van der Waals surface area contributed by atoms with Gasteiger partial charge in [-0.15, -0.1) is 0 Å². The van der Waals surface area contributed by atoms with Crippen LogP contribution < -0.4 is 5.32 Å². The second-order valence-electron chi connectivity index (χ2n) is 4.43. The van der Waals surface area contributed by atoms with E-state index in [1.165, 1.54) is 5.56 Å². The summed E-state index contributed by atoms with van der Waals surface area (Å²) in [5.41, 5.74) is 3.29. The molecule has 1 aliphatic heterocycles. The van der Waals surface area contributed by atoms with Gasteiger partial charge in [0.05, 0.1) is 0 Å². The molecule has 0 saturated carbocycles. The van der Waals surface area contributed by atoms with Gasteiger partial charge in [0.1, 0.15) is 5.82 Å². The number of nitrogens with one attached hydrogen (secondary N) is 1. The third kappa shape index (κ3) is 2.05. The van der Waals surface area contributed by atoms with Crippen LogP contribution in [0.5, 0.6) is 0 Å². The van der Waals surface area contributed by atoms with Crippen LogP contribution in [0.1, 0.15) is 35.4 Å². The molecule has 0 unspecified atom stereocenters. The molecule has 1 aliphatic rings. The van der Waals surface area contributed by atoms with E-state index in [1.54, 1.807) is 6.07 Å². The molecule has 0 aliphatic carbocycles. The monoisotopic (exact) mass is 207 g/mol. The Hall–Kier alpha value is -0.890. The standard InChI is InChI=1S/C13H18FN/c1-9-3-4-12(14)13(10(9)2)11-5-7-15-8-6-11/h3-4,11,15H,5-8H2,1-2H3. The number of hydrogen-bond donors (Lipinski definition) is 1. The molecule has 1 aromatic rings. The first kappa shape index (κ1) is 10.6. The summed E-state index contributed by atoms with van der Waals surface area (Å²) >= 11 is 0. The summed E-state index contributed by atoms with van der Waals surface area (Å²) in [4.78, 5) is 0. The molecule has 0 radical (unpaired) electrons. The van der Waals surface area contributed by atoms with Crippen molar-refractivity contribution in [1.29, 1.82) is 0 Å². The Morgan fingerprint density at radius 1 is 1.20 bits per heavy atom. The van der Waals surface area contributed by atoms with E-state index < -0.39 is 0 Å². The van der Waals surface area contributed by atoms with Gasteiger partial charge < -0.3 is 5.32 Å². The third-order valence-corrected chi connectivity index (χ3v) is 3.48. The van der Waals surface area contributed by atoms with Gasteiger partial charge >= 0.3 is 0 Å². The Kier molecular flexibility index (Phi) is 3.06. The maximum atomic E-state index is 13.8. The molecule has 0 spiro atoms. The highest BCUT2D eigenvalue weighted by Crippen LogP contribution is 2.31. The number of aryl methyl sites for hydroxylation is 1. The van der Waals surface area contributed by atoms with E-state index in [2.05, 4.69) is 12.2 Å². The van der Waals surface area contributed by atoms with E-state index in [0.29, 0.717) is 5.92 Å². The first-order valence-electron chi connectivity index (χ1n) is 5.66. The lowest BCUT2D eigenvalue weighted by Gasteiger charge is -2.25. The van der Waals surface area contributed by atoms with Gasteiger partial charge in [-0.25, -0.2) is 4.39 Å². The van der Waals surface area contributed by atoms with Crippen molar-refractivity contribution in [2.75, 3.05) is 13.1 Å². The molecule has 15 heavy (non-hydrogen) atoms. The van der Waals surface area contributed by atoms with Crippen LogP contribution in [0.3, 0.4) is 0 Å². The van der Waals surface area contributed by atoms with Crippen molar-refractivity contribution in [1.82, 2.24) is 5.32 Å². The fourth-order valence-corrected chi connectivity index (χ4v) is 2.42. The summed E-state index contributed by atoms with van der Waals surface area (Å²) in [5, 5.41) is 3.32. The molecule has 1 N–H and O–H groups in total. The van der Waals surface area contributed by atoms with Crippen LogP contribution in [0.15, 0.2) is 12.1 Å². The normalized spacial score (nSPS) is 18.1. The Balaban J connectivity index is 2.36. The van der Waals surface area contributed by atoms with E-state index in [4.69, 9.17) is 0 Å². The van der Waals surface area contributed by atoms with E-state index in [-0.39, 0.29) is 5.82 Å². The minimum atomic E-state index is -0.0231. The number of piperidine rings is 1. The molecule has 1 aromatic carbocycles. The van der Waals surface area contributed by atoms with Crippen LogP contribution in [-0.4, -0.2) is 13.1 Å². The van der Waals surface area contributed by atoms with E-state index in [9.17, 15) is 4.39 Å². The van der Waals surface area contributed by atoms with Gasteiger partial charge in [0.25, 0.3) is 0 Å². The minimum Gasteiger partial charge on any atom is -0.317 e. The van der Waals surface area contributed by atoms with Crippen molar-refractivity contribution >= 4 is 0 Å². The molecule has 2 heteroatoms. The maximum absolute atomic E-state index is 13.8. The van der Waals surface area contributed by atoms with Gasteiger partial charge in [-0.1, -0.05) is 6.07 Å². The van der Waals surface area contributed by atoms with Crippen LogP contribution in [-0.2, 0) is 0 Å². The summed E-state index contributed by atoms with van der Waals surface area (Å²) in [6.07, 6.45) is 2.11. The Morgan fingerprint density at radius 3 is 2.53 bits per heavy atom. The molecule has 82 valence electrons. The van der Waals surface area contributed by atoms with E-state index in [0.717, 1.165) is 37.1 Å². The van der Waals surface area contributed by atoms with Crippen molar-refractivity contribution in [3.05, 3.63) is 34.6 Å². The average molecular weight is 207 g/mol. The maximum Gasteiger partial charge on any atom is 0.126 e. The fraction of sp³-hybridized carbons (Fsp3) is 0.538. The number of hydrogen-bond acceptors (Lipinski definition) is 1. The van der Waals surface area contributed by atoms with Crippen LogP contribution in [0.25, 0.3) is 0 Å². The number of halogens is 1. The highest BCUT2D eigenvalue weighted by atomic mass is 19.1. The minimum absolute atomic E-state index is 0.0231. The Labute approximate surface area is 90.7 Å². The molecule has 0 bridgehead atoms. The van der Waals surface area contributed by atoms with Gasteiger partial charge in [-0.3, -0.25) is 0 Å². The van der Waals surface area contributed by atoms with Crippen molar-refractivity contribution in [2.24, 2.45) is 0 Å². The molecule has 0 aromatic heterocycles. The molecular formula is C13H18FN. The molecule has 1 heterocycles. The first-order valence-corrected chi connectivity index (χ1v) is 5.66. The quantitative estimate of drug-likeness (QED) is 0.746. The SMILES string of the molecule is Cc1ccc(F)c(C2CCNCC2)c1C. The largest absolute Gasteiger partial charge is 0.317 e. The summed E-state index contributed by atoms with van der Waals surface area (Å²) in [6.45, 7) is 6.12. The van der Waals surface area contributed by atoms with Gasteiger partial charge in [0, 0.05) is 0 Å². The van der Waals surface area contributed by atoms with Crippen LogP contribution >= 0.6 is 0 Å². The molecule has 0 atom stereocenters. The highest BCUT2D eigenvalue weighted by Gasteiger charge is 2.20. The Morgan fingerprint density at radius 2 is 1.87 bits per heavy atom. The lowest BCUT2D eigenvalue weighted by molar-refractivity contribution is 0.443. The lowest BCUT2D eigenvalue weighted by Crippen LogP contribution is -2.27. The molecule has 2 rings (SSSR count). The van der Waals surface area contributed by atoms with Gasteiger partial charge in [-0.2, -0.15) is 0 Å². The third-order valence-electron chi connectivity index (χ3n) is 3.48. The summed E-state index contributed by atoms with van der Waals surface area (Å²) in [7, 11) is 0. The number of benzene rings is 1. The van der Waals surface area contributed by atoms with E-state index >= 15 is 0 Å². The zero-order valence-corrected chi connectivity index (χ0v) is 9.44. The van der Waals surface area contributed by atoms with Crippen LogP contribution in [0.4, 0.5) is 4.39 Å². The average Bonchev–Trinajstić information content (AvgIpc) is 2.26. The van der Waals surface area contributed by atoms with Crippen molar-refractivity contribution in [3.63, 3.8) is 0 Å². The van der Waals surface area contributed by atoms with Gasteiger partial charge in [-0.05, 0) is 68.5 Å². The lowest BCUT2D eigenvalue weighted by atomic mass is 9.85. The molecule has 1 fully saturated rings. The second-order valence-corrected chi connectivity index (χ2v) is 4.43. The summed E-state index contributed by atoms with van der Waals surface area (Å²) in [6, 6.07) is 3.48. The topological polar surface area (TPSA) is 12.0 Å². The summed E-state index contributed by atoms with van der Waals surface area (Å²) < 4.78 is 13.8. The number of rotatable bonds is 1. The predicted molar refractivity (Wildman–Crippen MR) is 60.7 cm³/mol. The van der Waals surface area contributed by atoms with Crippen molar-refractivity contribution < 1.29 is 4.39 Å². The van der Waals surface area contributed by atoms with E-state index in [1.807, 2.05) is 13.0 Å². The van der Waals surface area contributed by atoms with Gasteiger partial charge in [0.2, 0.25) is 0 Å². The zero-order valence-electron chi connectivity index (χ0n) is 9.44. The smallest absolute Gasteiger partial charge is 0.126 e. The predicted octanol–water partition coefficient (Wildman–Crippen LogP) is 2.91. The summed E-state index contributed by atoms with van der Waals surface area (Å²) in [5.74, 6) is 0.385.